The second-order valence-corrected chi connectivity index (χ2v) is 12.0. The van der Waals surface area contributed by atoms with E-state index in [4.69, 9.17) is 5.73 Å². The first-order chi connectivity index (χ1) is 20.5. The highest BCUT2D eigenvalue weighted by molar-refractivity contribution is 5.96. The molecule has 1 aliphatic carbocycles. The number of carbonyl (C=O) groups is 1. The Balaban J connectivity index is 1.36. The zero-order valence-electron chi connectivity index (χ0n) is 25.0. The number of piperidine rings is 1. The van der Waals surface area contributed by atoms with Crippen molar-refractivity contribution in [3.63, 3.8) is 0 Å². The molecule has 0 spiro atoms. The Kier molecular flexibility index (Phi) is 9.62. The summed E-state index contributed by atoms with van der Waals surface area (Å²) in [7, 11) is 2.11. The molecule has 0 bridgehead atoms. The molecule has 2 aromatic rings. The molecule has 13 heteroatoms. The summed E-state index contributed by atoms with van der Waals surface area (Å²) in [4.78, 5) is 27.9. The van der Waals surface area contributed by atoms with Crippen LogP contribution in [-0.4, -0.2) is 95.3 Å². The average molecular weight is 605 g/mol. The van der Waals surface area contributed by atoms with E-state index in [2.05, 4.69) is 37.4 Å². The molecule has 5 N–H and O–H groups in total. The van der Waals surface area contributed by atoms with Gasteiger partial charge in [-0.05, 0) is 70.2 Å². The lowest BCUT2D eigenvalue weighted by Crippen LogP contribution is -2.52. The Morgan fingerprint density at radius 3 is 2.28 bits per heavy atom. The van der Waals surface area contributed by atoms with Gasteiger partial charge in [0.1, 0.15) is 5.82 Å². The minimum absolute atomic E-state index is 0.00286. The maximum absolute atomic E-state index is 14.4. The summed E-state index contributed by atoms with van der Waals surface area (Å²) in [6.07, 6.45) is 0.0289. The lowest BCUT2D eigenvalue weighted by atomic mass is 9.93. The van der Waals surface area contributed by atoms with Crippen molar-refractivity contribution in [3.8, 4) is 0 Å². The van der Waals surface area contributed by atoms with Gasteiger partial charge in [0.2, 0.25) is 0 Å². The third kappa shape index (κ3) is 7.50. The van der Waals surface area contributed by atoms with Gasteiger partial charge in [0.25, 0.3) is 5.91 Å². The second kappa shape index (κ2) is 13.2. The van der Waals surface area contributed by atoms with Crippen LogP contribution in [0.2, 0.25) is 0 Å². The van der Waals surface area contributed by atoms with Crippen molar-refractivity contribution in [2.24, 2.45) is 5.73 Å². The Bertz CT molecular complexity index is 1270. The molecule has 3 fully saturated rings. The molecular weight excluding hydrogens is 561 g/mol. The monoisotopic (exact) mass is 604 g/mol. The lowest BCUT2D eigenvalue weighted by Gasteiger charge is -2.43. The minimum atomic E-state index is -4.58. The van der Waals surface area contributed by atoms with Gasteiger partial charge in [-0.1, -0.05) is 6.92 Å². The van der Waals surface area contributed by atoms with Crippen molar-refractivity contribution >= 4 is 28.9 Å². The Labute approximate surface area is 250 Å². The van der Waals surface area contributed by atoms with E-state index in [1.807, 2.05) is 11.8 Å². The van der Waals surface area contributed by atoms with Gasteiger partial charge in [0.15, 0.2) is 11.5 Å². The van der Waals surface area contributed by atoms with Crippen molar-refractivity contribution in [1.29, 1.82) is 0 Å². The molecule has 1 aromatic heterocycles. The number of aromatic nitrogens is 2. The molecule has 10 nitrogen and oxygen atoms in total. The van der Waals surface area contributed by atoms with E-state index < -0.39 is 17.6 Å². The number of primary amides is 1. The van der Waals surface area contributed by atoms with E-state index in [-0.39, 0.29) is 35.0 Å². The van der Waals surface area contributed by atoms with Gasteiger partial charge in [0.05, 0.1) is 17.4 Å². The van der Waals surface area contributed by atoms with Crippen molar-refractivity contribution in [1.82, 2.24) is 19.8 Å². The van der Waals surface area contributed by atoms with Crippen LogP contribution in [0.5, 0.6) is 0 Å². The molecule has 3 heterocycles. The highest BCUT2D eigenvalue weighted by Gasteiger charge is 2.37. The summed E-state index contributed by atoms with van der Waals surface area (Å²) in [5.41, 5.74) is 5.56. The van der Waals surface area contributed by atoms with Gasteiger partial charge in [-0.2, -0.15) is 13.2 Å². The maximum atomic E-state index is 14.4. The van der Waals surface area contributed by atoms with Crippen LogP contribution in [0.3, 0.4) is 0 Å². The summed E-state index contributed by atoms with van der Waals surface area (Å²) >= 11 is 0. The highest BCUT2D eigenvalue weighted by atomic mass is 19.4. The molecule has 0 atom stereocenters. The van der Waals surface area contributed by atoms with E-state index >= 15 is 0 Å². The molecule has 1 saturated carbocycles. The lowest BCUT2D eigenvalue weighted by molar-refractivity contribution is -0.137. The number of aliphatic hydroxyl groups is 1. The molecule has 236 valence electrons. The van der Waals surface area contributed by atoms with E-state index in [1.54, 1.807) is 6.07 Å². The number of alkyl halides is 3. The Morgan fingerprint density at radius 2 is 1.67 bits per heavy atom. The molecule has 2 aliphatic heterocycles. The number of carbonyl (C=O) groups excluding carboxylic acids is 1. The van der Waals surface area contributed by atoms with Crippen molar-refractivity contribution < 1.29 is 23.1 Å². The predicted octanol–water partition coefficient (Wildman–Crippen LogP) is 3.83. The third-order valence-corrected chi connectivity index (χ3v) is 9.00. The number of likely N-dealkylation sites (N-methyl/N-ethyl adjacent to an activating group) is 1. The number of piperazine rings is 1. The van der Waals surface area contributed by atoms with Crippen LogP contribution in [0, 0.1) is 0 Å². The molecule has 2 saturated heterocycles. The third-order valence-electron chi connectivity index (χ3n) is 9.00. The van der Waals surface area contributed by atoms with Crippen LogP contribution in [-0.2, 0) is 12.6 Å². The zero-order chi connectivity index (χ0) is 30.7. The summed E-state index contributed by atoms with van der Waals surface area (Å²) in [5, 5.41) is 16.1. The topological polar surface area (TPSA) is 123 Å². The van der Waals surface area contributed by atoms with Crippen LogP contribution in [0.1, 0.15) is 67.2 Å². The number of benzene rings is 1. The van der Waals surface area contributed by atoms with Crippen molar-refractivity contribution in [3.05, 3.63) is 35.2 Å². The summed E-state index contributed by atoms with van der Waals surface area (Å²) in [6.45, 7) is 6.99. The van der Waals surface area contributed by atoms with Gasteiger partial charge in [-0.15, -0.1) is 0 Å². The number of aliphatic hydroxyl groups excluding tert-OH is 1. The number of nitrogens with zero attached hydrogens (tertiary/aromatic N) is 5. The summed E-state index contributed by atoms with van der Waals surface area (Å²) < 4.78 is 43.2. The first kappa shape index (κ1) is 31.3. The van der Waals surface area contributed by atoms with Crippen LogP contribution in [0.15, 0.2) is 18.2 Å². The Morgan fingerprint density at radius 1 is 1.00 bits per heavy atom. The molecule has 1 aromatic carbocycles. The number of hydrogen-bond donors (Lipinski definition) is 4. The predicted molar refractivity (Wildman–Crippen MR) is 161 cm³/mol. The first-order valence-corrected chi connectivity index (χ1v) is 15.3. The van der Waals surface area contributed by atoms with Crippen molar-refractivity contribution in [2.45, 2.75) is 76.2 Å². The van der Waals surface area contributed by atoms with Crippen LogP contribution in [0.25, 0.3) is 0 Å². The smallest absolute Gasteiger partial charge is 0.393 e. The zero-order valence-corrected chi connectivity index (χ0v) is 25.0. The largest absolute Gasteiger partial charge is 0.418 e. The maximum Gasteiger partial charge on any atom is 0.418 e. The number of rotatable bonds is 8. The van der Waals surface area contributed by atoms with E-state index in [1.165, 1.54) is 6.07 Å². The number of anilines is 4. The number of nitrogens with two attached hydrogens (primary N) is 1. The Hall–Kier alpha value is -3.16. The fraction of sp³-hybridized carbons (Fsp3) is 0.633. The van der Waals surface area contributed by atoms with Gasteiger partial charge >= 0.3 is 6.18 Å². The number of halogens is 3. The van der Waals surface area contributed by atoms with Crippen LogP contribution >= 0.6 is 0 Å². The van der Waals surface area contributed by atoms with E-state index in [0.29, 0.717) is 49.9 Å². The van der Waals surface area contributed by atoms with E-state index in [9.17, 15) is 23.1 Å². The number of aryl methyl sites for hydroxylation is 1. The SMILES string of the molecule is CCc1nc(C(N)=O)c(Nc2ccc(N3CCC(N4CCN(C)CC4)CC3)c(C(F)(F)F)c2)nc1NC1CCC(O)CC1. The van der Waals surface area contributed by atoms with Gasteiger partial charge in [-0.3, -0.25) is 9.69 Å². The fourth-order valence-electron chi connectivity index (χ4n) is 6.42. The second-order valence-electron chi connectivity index (χ2n) is 12.0. The minimum Gasteiger partial charge on any atom is -0.393 e. The molecule has 0 radical (unpaired) electrons. The average Bonchev–Trinajstić information content (AvgIpc) is 2.98. The van der Waals surface area contributed by atoms with E-state index in [0.717, 1.165) is 57.9 Å². The number of amides is 1. The summed E-state index contributed by atoms with van der Waals surface area (Å²) in [6, 6.07) is 4.58. The molecular formula is C30H43F3N8O2. The molecule has 1 amide bonds. The van der Waals surface area contributed by atoms with Gasteiger partial charge < -0.3 is 31.3 Å². The molecule has 5 rings (SSSR count). The molecule has 3 aliphatic rings. The quantitative estimate of drug-likeness (QED) is 0.356. The normalized spacial score (nSPS) is 22.9. The summed E-state index contributed by atoms with van der Waals surface area (Å²) in [5.74, 6) is -0.378. The number of hydrogen-bond acceptors (Lipinski definition) is 9. The van der Waals surface area contributed by atoms with Crippen LogP contribution < -0.4 is 21.3 Å². The van der Waals surface area contributed by atoms with Crippen LogP contribution in [0.4, 0.5) is 36.2 Å². The van der Waals surface area contributed by atoms with Crippen molar-refractivity contribution in [2.75, 3.05) is 61.8 Å². The standard InChI is InChI=1S/C30H43F3N8O2/c1-3-24-28(35-19-4-7-22(42)8-5-19)38-29(26(37-24)27(34)43)36-20-6-9-25(23(18-20)30(31,32)33)41-12-10-21(11-13-41)40-16-14-39(2)15-17-40/h6,9,18-19,21-22,42H,3-5,7-8,10-17H2,1-2H3,(H2,34,43)(H2,35,36,38). The molecule has 43 heavy (non-hydrogen) atoms. The van der Waals surface area contributed by atoms with Gasteiger partial charge in [-0.25, -0.2) is 9.97 Å². The highest BCUT2D eigenvalue weighted by Crippen LogP contribution is 2.40. The fourth-order valence-corrected chi connectivity index (χ4v) is 6.42. The molecule has 0 unspecified atom stereocenters. The van der Waals surface area contributed by atoms with Gasteiger partial charge in [0, 0.05) is 62.7 Å². The first-order valence-electron chi connectivity index (χ1n) is 15.3. The number of nitrogens with one attached hydrogen (secondary N) is 2.